The molecule has 1 saturated carbocycles. The predicted molar refractivity (Wildman–Crippen MR) is 133 cm³/mol. The summed E-state index contributed by atoms with van der Waals surface area (Å²) in [6.07, 6.45) is 22.8. The molecular formula is C29H43FN2. The van der Waals surface area contributed by atoms with Gasteiger partial charge < -0.3 is 0 Å². The highest BCUT2D eigenvalue weighted by atomic mass is 19.1. The molecule has 0 amide bonds. The van der Waals surface area contributed by atoms with Crippen molar-refractivity contribution in [3.8, 4) is 11.4 Å². The van der Waals surface area contributed by atoms with E-state index in [1.54, 1.807) is 6.07 Å². The number of nitrogens with zero attached hydrogens (tertiary/aromatic N) is 2. The summed E-state index contributed by atoms with van der Waals surface area (Å²) in [5, 5.41) is 0. The Labute approximate surface area is 195 Å². The molecule has 2 nitrogen and oxygen atoms in total. The Morgan fingerprint density at radius 3 is 2.16 bits per heavy atom. The molecule has 0 aliphatic heterocycles. The van der Waals surface area contributed by atoms with Gasteiger partial charge in [0.1, 0.15) is 5.82 Å². The number of rotatable bonds is 13. The van der Waals surface area contributed by atoms with Gasteiger partial charge in [-0.3, -0.25) is 0 Å². The Morgan fingerprint density at radius 2 is 1.47 bits per heavy atom. The average Bonchev–Trinajstić information content (AvgIpc) is 2.82. The summed E-state index contributed by atoms with van der Waals surface area (Å²) >= 11 is 0. The topological polar surface area (TPSA) is 25.8 Å². The summed E-state index contributed by atoms with van der Waals surface area (Å²) in [5.74, 6) is 1.76. The van der Waals surface area contributed by atoms with Gasteiger partial charge in [0, 0.05) is 18.0 Å². The van der Waals surface area contributed by atoms with Crippen LogP contribution in [0.25, 0.3) is 11.4 Å². The predicted octanol–water partition coefficient (Wildman–Crippen LogP) is 9.04. The first-order valence-electron chi connectivity index (χ1n) is 13.3. The molecule has 32 heavy (non-hydrogen) atoms. The molecule has 1 heterocycles. The number of unbranched alkanes of at least 4 members (excludes halogenated alkanes) is 7. The van der Waals surface area contributed by atoms with Crippen molar-refractivity contribution in [2.75, 3.05) is 0 Å². The maximum Gasteiger partial charge on any atom is 0.159 e. The van der Waals surface area contributed by atoms with E-state index in [4.69, 9.17) is 0 Å². The molecule has 1 fully saturated rings. The minimum atomic E-state index is -0.0857. The van der Waals surface area contributed by atoms with Crippen LogP contribution in [0.15, 0.2) is 30.6 Å². The Hall–Kier alpha value is -1.77. The van der Waals surface area contributed by atoms with Gasteiger partial charge in [-0.2, -0.15) is 0 Å². The number of aromatic nitrogens is 2. The fourth-order valence-corrected chi connectivity index (χ4v) is 5.18. The zero-order chi connectivity index (χ0) is 22.6. The third-order valence-corrected chi connectivity index (χ3v) is 7.29. The third kappa shape index (κ3) is 7.67. The van der Waals surface area contributed by atoms with E-state index in [9.17, 15) is 4.39 Å². The van der Waals surface area contributed by atoms with Gasteiger partial charge in [-0.05, 0) is 67.6 Å². The standard InChI is InChI=1S/C29H43FN2/c1-3-5-7-8-9-11-12-23-14-16-25(17-15-23)27-19-18-26(20-28(27)30)29-31-21-24(22-32-29)13-10-6-4-2/h18-23,25H,3-17H2,1-2H3. The van der Waals surface area contributed by atoms with Crippen LogP contribution in [-0.2, 0) is 6.42 Å². The van der Waals surface area contributed by atoms with Crippen molar-refractivity contribution in [3.63, 3.8) is 0 Å². The number of benzene rings is 1. The van der Waals surface area contributed by atoms with Gasteiger partial charge in [0.15, 0.2) is 5.82 Å². The molecule has 1 aliphatic rings. The van der Waals surface area contributed by atoms with E-state index in [0.717, 1.165) is 41.9 Å². The lowest BCUT2D eigenvalue weighted by molar-refractivity contribution is 0.298. The lowest BCUT2D eigenvalue weighted by Gasteiger charge is -2.29. The molecule has 3 rings (SSSR count). The van der Waals surface area contributed by atoms with E-state index in [1.807, 2.05) is 24.5 Å². The van der Waals surface area contributed by atoms with E-state index < -0.39 is 0 Å². The first kappa shape index (κ1) is 24.9. The van der Waals surface area contributed by atoms with Crippen LogP contribution in [0.3, 0.4) is 0 Å². The highest BCUT2D eigenvalue weighted by molar-refractivity contribution is 5.55. The number of hydrogen-bond donors (Lipinski definition) is 0. The van der Waals surface area contributed by atoms with Crippen molar-refractivity contribution in [2.24, 2.45) is 5.92 Å². The molecule has 176 valence electrons. The molecule has 0 saturated heterocycles. The zero-order valence-corrected chi connectivity index (χ0v) is 20.4. The van der Waals surface area contributed by atoms with Gasteiger partial charge in [0.2, 0.25) is 0 Å². The van der Waals surface area contributed by atoms with Crippen LogP contribution in [0.1, 0.15) is 121 Å². The van der Waals surface area contributed by atoms with Gasteiger partial charge in [0.25, 0.3) is 0 Å². The maximum absolute atomic E-state index is 15.0. The molecule has 0 spiro atoms. The third-order valence-electron chi connectivity index (χ3n) is 7.29. The van der Waals surface area contributed by atoms with Crippen LogP contribution in [0.5, 0.6) is 0 Å². The van der Waals surface area contributed by atoms with Gasteiger partial charge in [-0.25, -0.2) is 14.4 Å². The van der Waals surface area contributed by atoms with Crippen LogP contribution in [0, 0.1) is 11.7 Å². The molecule has 1 aliphatic carbocycles. The Kier molecular flexibility index (Phi) is 10.6. The van der Waals surface area contributed by atoms with Crippen LogP contribution >= 0.6 is 0 Å². The minimum absolute atomic E-state index is 0.0857. The normalized spacial score (nSPS) is 18.7. The van der Waals surface area contributed by atoms with Gasteiger partial charge in [0.05, 0.1) is 0 Å². The van der Waals surface area contributed by atoms with E-state index >= 15 is 0 Å². The number of hydrogen-bond acceptors (Lipinski definition) is 2. The summed E-state index contributed by atoms with van der Waals surface area (Å²) in [6, 6.07) is 5.64. The molecule has 0 unspecified atom stereocenters. The van der Waals surface area contributed by atoms with Crippen molar-refractivity contribution < 1.29 is 4.39 Å². The molecular weight excluding hydrogens is 395 g/mol. The lowest BCUT2D eigenvalue weighted by atomic mass is 9.76. The molecule has 1 aromatic carbocycles. The fourth-order valence-electron chi connectivity index (χ4n) is 5.18. The van der Waals surface area contributed by atoms with E-state index in [2.05, 4.69) is 23.8 Å². The summed E-state index contributed by atoms with van der Waals surface area (Å²) in [5.41, 5.74) is 2.84. The van der Waals surface area contributed by atoms with Gasteiger partial charge in [-0.15, -0.1) is 0 Å². The van der Waals surface area contributed by atoms with Crippen molar-refractivity contribution in [2.45, 2.75) is 116 Å². The fraction of sp³-hybridized carbons (Fsp3) is 0.655. The van der Waals surface area contributed by atoms with Crippen LogP contribution in [-0.4, -0.2) is 9.97 Å². The van der Waals surface area contributed by atoms with E-state index in [1.165, 1.54) is 77.0 Å². The second kappa shape index (κ2) is 13.7. The summed E-state index contributed by atoms with van der Waals surface area (Å²) < 4.78 is 15.0. The maximum atomic E-state index is 15.0. The van der Waals surface area contributed by atoms with Crippen LogP contribution < -0.4 is 0 Å². The average molecular weight is 439 g/mol. The summed E-state index contributed by atoms with van der Waals surface area (Å²) in [4.78, 5) is 8.99. The largest absolute Gasteiger partial charge is 0.236 e. The summed E-state index contributed by atoms with van der Waals surface area (Å²) in [7, 11) is 0. The SMILES string of the molecule is CCCCCCCCC1CCC(c2ccc(-c3ncc(CCCCC)cn3)cc2F)CC1. The Bertz CT molecular complexity index is 778. The monoisotopic (exact) mass is 438 g/mol. The molecule has 1 aromatic heterocycles. The quantitative estimate of drug-likeness (QED) is 0.291. The van der Waals surface area contributed by atoms with Crippen molar-refractivity contribution >= 4 is 0 Å². The highest BCUT2D eigenvalue weighted by Crippen LogP contribution is 2.39. The molecule has 0 radical (unpaired) electrons. The summed E-state index contributed by atoms with van der Waals surface area (Å²) in [6.45, 7) is 4.48. The first-order valence-corrected chi connectivity index (χ1v) is 13.3. The number of aryl methyl sites for hydroxylation is 1. The smallest absolute Gasteiger partial charge is 0.159 e. The van der Waals surface area contributed by atoms with Crippen molar-refractivity contribution in [1.82, 2.24) is 9.97 Å². The first-order chi connectivity index (χ1) is 15.7. The molecule has 2 aromatic rings. The van der Waals surface area contributed by atoms with E-state index in [-0.39, 0.29) is 5.82 Å². The van der Waals surface area contributed by atoms with E-state index in [0.29, 0.717) is 11.7 Å². The molecule has 0 N–H and O–H groups in total. The Balaban J connectivity index is 1.47. The Morgan fingerprint density at radius 1 is 0.812 bits per heavy atom. The molecule has 3 heteroatoms. The lowest BCUT2D eigenvalue weighted by Crippen LogP contribution is -2.14. The number of halogens is 1. The van der Waals surface area contributed by atoms with Crippen molar-refractivity contribution in [3.05, 3.63) is 47.5 Å². The molecule has 0 atom stereocenters. The second-order valence-corrected chi connectivity index (χ2v) is 9.88. The van der Waals surface area contributed by atoms with Crippen LogP contribution in [0.2, 0.25) is 0 Å². The van der Waals surface area contributed by atoms with Gasteiger partial charge >= 0.3 is 0 Å². The highest BCUT2D eigenvalue weighted by Gasteiger charge is 2.24. The van der Waals surface area contributed by atoms with Crippen LogP contribution in [0.4, 0.5) is 4.39 Å². The zero-order valence-electron chi connectivity index (χ0n) is 20.4. The second-order valence-electron chi connectivity index (χ2n) is 9.88. The van der Waals surface area contributed by atoms with Crippen molar-refractivity contribution in [1.29, 1.82) is 0 Å². The van der Waals surface area contributed by atoms with Gasteiger partial charge in [-0.1, -0.05) is 83.8 Å². The molecule has 0 bridgehead atoms. The minimum Gasteiger partial charge on any atom is -0.236 e.